The van der Waals surface area contributed by atoms with E-state index in [2.05, 4.69) is 10.6 Å². The Morgan fingerprint density at radius 1 is 1.11 bits per heavy atom. The van der Waals surface area contributed by atoms with Gasteiger partial charge < -0.3 is 10.6 Å². The van der Waals surface area contributed by atoms with Crippen LogP contribution in [0.25, 0.3) is 0 Å². The summed E-state index contributed by atoms with van der Waals surface area (Å²) in [5.41, 5.74) is 0.405. The lowest BCUT2D eigenvalue weighted by Gasteiger charge is -2.18. The number of carbonyl (C=O) groups is 2. The first kappa shape index (κ1) is 19.8. The fourth-order valence-electron chi connectivity index (χ4n) is 3.65. The molecule has 2 amide bonds. The van der Waals surface area contributed by atoms with E-state index < -0.39 is 16.1 Å². The lowest BCUT2D eigenvalue weighted by Crippen LogP contribution is -2.43. The van der Waals surface area contributed by atoms with E-state index in [1.165, 1.54) is 16.4 Å². The third kappa shape index (κ3) is 4.68. The second-order valence-corrected chi connectivity index (χ2v) is 9.28. The van der Waals surface area contributed by atoms with Crippen molar-refractivity contribution in [3.05, 3.63) is 24.3 Å². The summed E-state index contributed by atoms with van der Waals surface area (Å²) < 4.78 is 26.8. The molecule has 1 atom stereocenters. The van der Waals surface area contributed by atoms with Crippen LogP contribution < -0.4 is 10.6 Å². The molecule has 2 N–H and O–H groups in total. The molecule has 148 valence electrons. The first-order valence-corrected chi connectivity index (χ1v) is 11.0. The first-order valence-electron chi connectivity index (χ1n) is 9.59. The van der Waals surface area contributed by atoms with Gasteiger partial charge in [-0.1, -0.05) is 18.9 Å². The van der Waals surface area contributed by atoms with Gasteiger partial charge in [-0.3, -0.25) is 9.59 Å². The van der Waals surface area contributed by atoms with Crippen molar-refractivity contribution in [3.8, 4) is 0 Å². The standard InChI is InChI=1S/C19H27N3O4S/c1-14(20-19(24)15-7-2-3-8-15)18(23)21-16-9-6-10-17(13-16)27(25,26)22-11-4-5-12-22/h6,9-10,13-15H,2-5,7-8,11-12H2,1H3,(H,20,24)(H,21,23). The monoisotopic (exact) mass is 393 g/mol. The fourth-order valence-corrected chi connectivity index (χ4v) is 5.21. The molecule has 1 aromatic rings. The van der Waals surface area contributed by atoms with Crippen LogP contribution in [-0.2, 0) is 19.6 Å². The number of benzene rings is 1. The summed E-state index contributed by atoms with van der Waals surface area (Å²) in [5.74, 6) is -0.452. The summed E-state index contributed by atoms with van der Waals surface area (Å²) in [6, 6.07) is 5.58. The predicted molar refractivity (Wildman–Crippen MR) is 103 cm³/mol. The average molecular weight is 394 g/mol. The lowest BCUT2D eigenvalue weighted by atomic mass is 10.1. The number of hydrogen-bond acceptors (Lipinski definition) is 4. The summed E-state index contributed by atoms with van der Waals surface area (Å²) in [4.78, 5) is 24.7. The van der Waals surface area contributed by atoms with Crippen molar-refractivity contribution in [1.82, 2.24) is 9.62 Å². The molecule has 0 bridgehead atoms. The normalized spacial score (nSPS) is 19.7. The Labute approximate surface area is 160 Å². The van der Waals surface area contributed by atoms with Gasteiger partial charge in [0.1, 0.15) is 6.04 Å². The highest BCUT2D eigenvalue weighted by Gasteiger charge is 2.28. The van der Waals surface area contributed by atoms with Crippen LogP contribution in [0.1, 0.15) is 45.4 Å². The van der Waals surface area contributed by atoms with E-state index in [0.29, 0.717) is 18.8 Å². The zero-order valence-corrected chi connectivity index (χ0v) is 16.4. The average Bonchev–Trinajstić information content (AvgIpc) is 3.35. The van der Waals surface area contributed by atoms with E-state index >= 15 is 0 Å². The number of anilines is 1. The highest BCUT2D eigenvalue weighted by Crippen LogP contribution is 2.25. The Balaban J connectivity index is 1.63. The maximum Gasteiger partial charge on any atom is 0.246 e. The molecule has 1 unspecified atom stereocenters. The molecule has 1 aliphatic heterocycles. The predicted octanol–water partition coefficient (Wildman–Crippen LogP) is 2.10. The van der Waals surface area contributed by atoms with Gasteiger partial charge in [0.2, 0.25) is 21.8 Å². The van der Waals surface area contributed by atoms with Crippen LogP contribution in [0.5, 0.6) is 0 Å². The molecule has 2 aliphatic rings. The van der Waals surface area contributed by atoms with Crippen molar-refractivity contribution in [1.29, 1.82) is 0 Å². The highest BCUT2D eigenvalue weighted by atomic mass is 32.2. The molecule has 0 aromatic heterocycles. The molecule has 3 rings (SSSR count). The van der Waals surface area contributed by atoms with Gasteiger partial charge in [-0.2, -0.15) is 4.31 Å². The highest BCUT2D eigenvalue weighted by molar-refractivity contribution is 7.89. The first-order chi connectivity index (χ1) is 12.9. The topological polar surface area (TPSA) is 95.6 Å². The molecule has 0 radical (unpaired) electrons. The number of nitrogens with one attached hydrogen (secondary N) is 2. The van der Waals surface area contributed by atoms with Gasteiger partial charge in [0.05, 0.1) is 4.90 Å². The third-order valence-corrected chi connectivity index (χ3v) is 7.18. The molecule has 1 aliphatic carbocycles. The van der Waals surface area contributed by atoms with Crippen molar-refractivity contribution < 1.29 is 18.0 Å². The van der Waals surface area contributed by atoms with Crippen LogP contribution in [0.2, 0.25) is 0 Å². The Morgan fingerprint density at radius 2 is 1.78 bits per heavy atom. The van der Waals surface area contributed by atoms with E-state index in [-0.39, 0.29) is 22.6 Å². The van der Waals surface area contributed by atoms with E-state index in [1.807, 2.05) is 0 Å². The number of carbonyl (C=O) groups excluding carboxylic acids is 2. The van der Waals surface area contributed by atoms with Crippen LogP contribution in [0, 0.1) is 5.92 Å². The van der Waals surface area contributed by atoms with Crippen molar-refractivity contribution in [2.45, 2.75) is 56.4 Å². The molecule has 1 saturated heterocycles. The molecule has 27 heavy (non-hydrogen) atoms. The number of hydrogen-bond donors (Lipinski definition) is 2. The molecule has 1 saturated carbocycles. The third-order valence-electron chi connectivity index (χ3n) is 5.28. The smallest absolute Gasteiger partial charge is 0.246 e. The Hall–Kier alpha value is -1.93. The van der Waals surface area contributed by atoms with E-state index in [1.54, 1.807) is 19.1 Å². The minimum Gasteiger partial charge on any atom is -0.344 e. The second kappa shape index (κ2) is 8.39. The van der Waals surface area contributed by atoms with Crippen LogP contribution in [-0.4, -0.2) is 43.7 Å². The Bertz CT molecular complexity index is 797. The lowest BCUT2D eigenvalue weighted by molar-refractivity contribution is -0.128. The molecule has 1 heterocycles. The number of rotatable bonds is 6. The maximum atomic E-state index is 12.7. The molecule has 2 fully saturated rings. The summed E-state index contributed by atoms with van der Waals surface area (Å²) in [5, 5.41) is 5.46. The van der Waals surface area contributed by atoms with Gasteiger partial charge in [-0.15, -0.1) is 0 Å². The molecule has 0 spiro atoms. The van der Waals surface area contributed by atoms with Crippen LogP contribution >= 0.6 is 0 Å². The minimum absolute atomic E-state index is 0.00539. The molecular weight excluding hydrogens is 366 g/mol. The van der Waals surface area contributed by atoms with Crippen molar-refractivity contribution in [3.63, 3.8) is 0 Å². The van der Waals surface area contributed by atoms with Gasteiger partial charge in [0, 0.05) is 24.7 Å². The Morgan fingerprint density at radius 3 is 2.44 bits per heavy atom. The summed E-state index contributed by atoms with van der Waals surface area (Å²) in [6.07, 6.45) is 5.59. The molecular formula is C19H27N3O4S. The second-order valence-electron chi connectivity index (χ2n) is 7.34. The molecule has 8 heteroatoms. The van der Waals surface area contributed by atoms with E-state index in [9.17, 15) is 18.0 Å². The largest absolute Gasteiger partial charge is 0.344 e. The van der Waals surface area contributed by atoms with Gasteiger partial charge in [-0.05, 0) is 50.8 Å². The Kier molecular flexibility index (Phi) is 6.16. The number of amides is 2. The minimum atomic E-state index is -3.54. The van der Waals surface area contributed by atoms with Crippen molar-refractivity contribution >= 4 is 27.5 Å². The number of sulfonamides is 1. The molecule has 7 nitrogen and oxygen atoms in total. The number of nitrogens with zero attached hydrogens (tertiary/aromatic N) is 1. The molecule has 1 aromatic carbocycles. The fraction of sp³-hybridized carbons (Fsp3) is 0.579. The van der Waals surface area contributed by atoms with Crippen LogP contribution in [0.4, 0.5) is 5.69 Å². The van der Waals surface area contributed by atoms with E-state index in [4.69, 9.17) is 0 Å². The van der Waals surface area contributed by atoms with Gasteiger partial charge in [-0.25, -0.2) is 8.42 Å². The summed E-state index contributed by atoms with van der Waals surface area (Å²) in [6.45, 7) is 2.69. The van der Waals surface area contributed by atoms with Gasteiger partial charge in [0.25, 0.3) is 0 Å². The zero-order valence-electron chi connectivity index (χ0n) is 15.6. The van der Waals surface area contributed by atoms with Crippen LogP contribution in [0.3, 0.4) is 0 Å². The van der Waals surface area contributed by atoms with Gasteiger partial charge >= 0.3 is 0 Å². The quantitative estimate of drug-likeness (QED) is 0.774. The van der Waals surface area contributed by atoms with Crippen LogP contribution in [0.15, 0.2) is 29.2 Å². The van der Waals surface area contributed by atoms with E-state index in [0.717, 1.165) is 38.5 Å². The SMILES string of the molecule is CC(NC(=O)C1CCCC1)C(=O)Nc1cccc(S(=O)(=O)N2CCCC2)c1. The summed E-state index contributed by atoms with van der Waals surface area (Å²) in [7, 11) is -3.54. The van der Waals surface area contributed by atoms with Crippen molar-refractivity contribution in [2.75, 3.05) is 18.4 Å². The zero-order chi connectivity index (χ0) is 19.4. The maximum absolute atomic E-state index is 12.7. The van der Waals surface area contributed by atoms with Gasteiger partial charge in [0.15, 0.2) is 0 Å². The van der Waals surface area contributed by atoms with Crippen molar-refractivity contribution in [2.24, 2.45) is 5.92 Å². The summed E-state index contributed by atoms with van der Waals surface area (Å²) >= 11 is 0.